The van der Waals surface area contributed by atoms with Gasteiger partial charge in [-0.2, -0.15) is 0 Å². The molecule has 1 aliphatic rings. The molecule has 1 saturated heterocycles. The van der Waals surface area contributed by atoms with Crippen LogP contribution in [0.4, 0.5) is 5.69 Å². The molecule has 0 spiro atoms. The molecule has 0 bridgehead atoms. The third-order valence-corrected chi connectivity index (χ3v) is 3.32. The first-order chi connectivity index (χ1) is 9.90. The molecular formula is C14H19N3O4. The molecule has 1 heterocycles. The Labute approximate surface area is 123 Å². The smallest absolute Gasteiger partial charge is 0.273 e. The minimum Gasteiger partial charge on any atom is -0.478 e. The second-order valence-corrected chi connectivity index (χ2v) is 5.41. The summed E-state index contributed by atoms with van der Waals surface area (Å²) >= 11 is 0. The minimum absolute atomic E-state index is 0.0575. The average molecular weight is 293 g/mol. The van der Waals surface area contributed by atoms with Gasteiger partial charge in [0, 0.05) is 32.2 Å². The van der Waals surface area contributed by atoms with Gasteiger partial charge in [0.1, 0.15) is 5.75 Å². The number of benzene rings is 1. The first-order valence-corrected chi connectivity index (χ1v) is 6.84. The van der Waals surface area contributed by atoms with E-state index in [9.17, 15) is 14.9 Å². The van der Waals surface area contributed by atoms with Crippen molar-refractivity contribution in [3.8, 4) is 5.75 Å². The summed E-state index contributed by atoms with van der Waals surface area (Å²) in [6.45, 7) is 6.16. The van der Waals surface area contributed by atoms with Gasteiger partial charge >= 0.3 is 0 Å². The van der Waals surface area contributed by atoms with Crippen molar-refractivity contribution in [2.75, 3.05) is 26.2 Å². The Morgan fingerprint density at radius 1 is 1.38 bits per heavy atom. The van der Waals surface area contributed by atoms with E-state index >= 15 is 0 Å². The number of non-ortho nitro benzene ring substituents is 1. The Kier molecular flexibility index (Phi) is 4.42. The number of nitrogens with one attached hydrogen (secondary N) is 1. The van der Waals surface area contributed by atoms with Gasteiger partial charge in [0.2, 0.25) is 0 Å². The molecule has 1 N–H and O–H groups in total. The van der Waals surface area contributed by atoms with E-state index in [1.807, 2.05) is 0 Å². The van der Waals surface area contributed by atoms with Crippen LogP contribution in [0.5, 0.6) is 5.75 Å². The molecule has 0 saturated carbocycles. The fourth-order valence-electron chi connectivity index (χ4n) is 2.25. The summed E-state index contributed by atoms with van der Waals surface area (Å²) in [6, 6.07) is 5.86. The van der Waals surface area contributed by atoms with E-state index in [1.165, 1.54) is 12.1 Å². The third kappa shape index (κ3) is 3.69. The molecule has 7 heteroatoms. The van der Waals surface area contributed by atoms with Crippen LogP contribution in [0.3, 0.4) is 0 Å². The predicted octanol–water partition coefficient (Wildman–Crippen LogP) is 1.18. The zero-order valence-corrected chi connectivity index (χ0v) is 12.2. The van der Waals surface area contributed by atoms with Gasteiger partial charge in [0.05, 0.1) is 11.0 Å². The van der Waals surface area contributed by atoms with Crippen LogP contribution in [0.2, 0.25) is 0 Å². The Balaban J connectivity index is 2.10. The number of piperazine rings is 1. The van der Waals surface area contributed by atoms with Crippen molar-refractivity contribution in [3.05, 3.63) is 34.4 Å². The van der Waals surface area contributed by atoms with E-state index in [4.69, 9.17) is 4.74 Å². The average Bonchev–Trinajstić information content (AvgIpc) is 2.47. The van der Waals surface area contributed by atoms with Gasteiger partial charge in [0.15, 0.2) is 5.60 Å². The van der Waals surface area contributed by atoms with Gasteiger partial charge in [-0.05, 0) is 19.9 Å². The SMILES string of the molecule is CC(C)(Oc1cccc([N+](=O)[O-])c1)C(=O)N1CCNCC1. The van der Waals surface area contributed by atoms with Crippen LogP contribution in [0, 0.1) is 10.1 Å². The summed E-state index contributed by atoms with van der Waals surface area (Å²) in [5.74, 6) is 0.202. The molecule has 114 valence electrons. The zero-order chi connectivity index (χ0) is 15.5. The van der Waals surface area contributed by atoms with Crippen LogP contribution in [-0.2, 0) is 4.79 Å². The molecule has 2 rings (SSSR count). The summed E-state index contributed by atoms with van der Waals surface area (Å²) in [4.78, 5) is 24.5. The highest BCUT2D eigenvalue weighted by molar-refractivity contribution is 5.85. The van der Waals surface area contributed by atoms with E-state index in [2.05, 4.69) is 5.32 Å². The van der Waals surface area contributed by atoms with Crippen LogP contribution in [-0.4, -0.2) is 47.5 Å². The Hall–Kier alpha value is -2.15. The highest BCUT2D eigenvalue weighted by Crippen LogP contribution is 2.24. The lowest BCUT2D eigenvalue weighted by Gasteiger charge is -2.34. The lowest BCUT2D eigenvalue weighted by Crippen LogP contribution is -2.54. The summed E-state index contributed by atoms with van der Waals surface area (Å²) in [7, 11) is 0. The number of hydrogen-bond donors (Lipinski definition) is 1. The Bertz CT molecular complexity index is 539. The number of nitro benzene ring substituents is 1. The number of hydrogen-bond acceptors (Lipinski definition) is 5. The van der Waals surface area contributed by atoms with Crippen molar-refractivity contribution < 1.29 is 14.5 Å². The normalized spacial score (nSPS) is 15.6. The maximum Gasteiger partial charge on any atom is 0.273 e. The molecule has 1 aliphatic heterocycles. The maximum atomic E-state index is 12.5. The molecule has 1 aromatic rings. The number of nitro groups is 1. The molecule has 7 nitrogen and oxygen atoms in total. The zero-order valence-electron chi connectivity index (χ0n) is 12.2. The van der Waals surface area contributed by atoms with Gasteiger partial charge in [0.25, 0.3) is 11.6 Å². The van der Waals surface area contributed by atoms with E-state index in [1.54, 1.807) is 30.9 Å². The van der Waals surface area contributed by atoms with E-state index in [0.29, 0.717) is 18.8 Å². The molecule has 0 radical (unpaired) electrons. The molecule has 21 heavy (non-hydrogen) atoms. The van der Waals surface area contributed by atoms with E-state index < -0.39 is 10.5 Å². The molecule has 1 amide bonds. The van der Waals surface area contributed by atoms with Gasteiger partial charge in [-0.1, -0.05) is 6.07 Å². The number of carbonyl (C=O) groups is 1. The van der Waals surface area contributed by atoms with Crippen LogP contribution in [0.25, 0.3) is 0 Å². The molecule has 0 atom stereocenters. The Morgan fingerprint density at radius 3 is 2.67 bits per heavy atom. The van der Waals surface area contributed by atoms with Crippen LogP contribution in [0.1, 0.15) is 13.8 Å². The standard InChI is InChI=1S/C14H19N3O4/c1-14(2,13(18)16-8-6-15-7-9-16)21-12-5-3-4-11(10-12)17(19)20/h3-5,10,15H,6-9H2,1-2H3. The number of nitrogens with zero attached hydrogens (tertiary/aromatic N) is 2. The summed E-state index contributed by atoms with van der Waals surface area (Å²) in [5, 5.41) is 13.9. The second kappa shape index (κ2) is 6.09. The summed E-state index contributed by atoms with van der Waals surface area (Å²) in [5.41, 5.74) is -1.12. The van der Waals surface area contributed by atoms with E-state index in [0.717, 1.165) is 13.1 Å². The van der Waals surface area contributed by atoms with E-state index in [-0.39, 0.29) is 11.6 Å². The molecule has 0 aromatic heterocycles. The predicted molar refractivity (Wildman–Crippen MR) is 77.3 cm³/mol. The number of carbonyl (C=O) groups excluding carboxylic acids is 1. The number of rotatable bonds is 4. The van der Waals surface area contributed by atoms with Crippen molar-refractivity contribution in [1.82, 2.24) is 10.2 Å². The fourth-order valence-corrected chi connectivity index (χ4v) is 2.25. The summed E-state index contributed by atoms with van der Waals surface area (Å²) < 4.78 is 5.69. The lowest BCUT2D eigenvalue weighted by atomic mass is 10.1. The largest absolute Gasteiger partial charge is 0.478 e. The second-order valence-electron chi connectivity index (χ2n) is 5.41. The van der Waals surface area contributed by atoms with Gasteiger partial charge in [-0.15, -0.1) is 0 Å². The highest BCUT2D eigenvalue weighted by Gasteiger charge is 2.35. The quantitative estimate of drug-likeness (QED) is 0.665. The van der Waals surface area contributed by atoms with Gasteiger partial charge in [-0.3, -0.25) is 14.9 Å². The summed E-state index contributed by atoms with van der Waals surface area (Å²) in [6.07, 6.45) is 0. The first kappa shape index (κ1) is 15.2. The topological polar surface area (TPSA) is 84.7 Å². The maximum absolute atomic E-state index is 12.5. The third-order valence-electron chi connectivity index (χ3n) is 3.32. The van der Waals surface area contributed by atoms with Crippen molar-refractivity contribution in [2.24, 2.45) is 0 Å². The molecule has 0 aliphatic carbocycles. The highest BCUT2D eigenvalue weighted by atomic mass is 16.6. The van der Waals surface area contributed by atoms with Crippen molar-refractivity contribution >= 4 is 11.6 Å². The Morgan fingerprint density at radius 2 is 2.05 bits per heavy atom. The monoisotopic (exact) mass is 293 g/mol. The molecule has 1 aromatic carbocycles. The van der Waals surface area contributed by atoms with Crippen molar-refractivity contribution in [1.29, 1.82) is 0 Å². The van der Waals surface area contributed by atoms with Gasteiger partial charge in [-0.25, -0.2) is 0 Å². The van der Waals surface area contributed by atoms with Crippen LogP contribution in [0.15, 0.2) is 24.3 Å². The van der Waals surface area contributed by atoms with Crippen molar-refractivity contribution in [3.63, 3.8) is 0 Å². The number of amides is 1. The lowest BCUT2D eigenvalue weighted by molar-refractivity contribution is -0.385. The molecular weight excluding hydrogens is 274 g/mol. The van der Waals surface area contributed by atoms with Crippen LogP contribution < -0.4 is 10.1 Å². The molecule has 1 fully saturated rings. The van der Waals surface area contributed by atoms with Crippen LogP contribution >= 0.6 is 0 Å². The first-order valence-electron chi connectivity index (χ1n) is 6.84. The fraction of sp³-hybridized carbons (Fsp3) is 0.500. The van der Waals surface area contributed by atoms with Gasteiger partial charge < -0.3 is 15.0 Å². The van der Waals surface area contributed by atoms with Crippen molar-refractivity contribution in [2.45, 2.75) is 19.4 Å². The number of ether oxygens (including phenoxy) is 1. The minimum atomic E-state index is -1.06. The molecule has 0 unspecified atom stereocenters.